The second-order valence-corrected chi connectivity index (χ2v) is 6.50. The summed E-state index contributed by atoms with van der Waals surface area (Å²) in [6, 6.07) is 0. The van der Waals surface area contributed by atoms with E-state index in [9.17, 15) is 0 Å². The summed E-state index contributed by atoms with van der Waals surface area (Å²) in [7, 11) is 0. The lowest BCUT2D eigenvalue weighted by Crippen LogP contribution is -2.24. The van der Waals surface area contributed by atoms with Gasteiger partial charge in [0.1, 0.15) is 0 Å². The molecular weight excluding hydrogens is 443 g/mol. The van der Waals surface area contributed by atoms with Gasteiger partial charge in [0, 0.05) is 11.0 Å². The minimum Gasteiger partial charge on any atom is -0.378 e. The average molecular weight is 476 g/mol. The maximum Gasteiger partial charge on any atom is 0.157 e. The topological polar surface area (TPSA) is 64.6 Å². The lowest BCUT2D eigenvalue weighted by molar-refractivity contribution is -0.169. The molecule has 1 unspecified atom stereocenters. The van der Waals surface area contributed by atoms with Crippen LogP contribution >= 0.6 is 22.6 Å². The van der Waals surface area contributed by atoms with Crippen molar-refractivity contribution in [2.75, 3.05) is 83.7 Å². The van der Waals surface area contributed by atoms with Crippen LogP contribution in [0, 0.1) is 0 Å². The third-order valence-electron chi connectivity index (χ3n) is 3.38. The SMILES string of the molecule is ICCOCCOCCOCCOCCOCCOC1CCCCO1. The van der Waals surface area contributed by atoms with Gasteiger partial charge in [-0.05, 0) is 19.3 Å². The first-order chi connectivity index (χ1) is 12.4. The van der Waals surface area contributed by atoms with Crippen LogP contribution in [0.25, 0.3) is 0 Å². The Labute approximate surface area is 165 Å². The highest BCUT2D eigenvalue weighted by atomic mass is 127. The molecule has 0 aromatic heterocycles. The van der Waals surface area contributed by atoms with Crippen LogP contribution < -0.4 is 0 Å². The quantitative estimate of drug-likeness (QED) is 0.171. The molecular formula is C17H33IO7. The van der Waals surface area contributed by atoms with E-state index in [0.29, 0.717) is 66.1 Å². The third-order valence-corrected chi connectivity index (χ3v) is 3.82. The molecule has 8 heteroatoms. The van der Waals surface area contributed by atoms with Crippen LogP contribution in [0.15, 0.2) is 0 Å². The molecule has 0 aromatic carbocycles. The molecule has 1 atom stereocenters. The van der Waals surface area contributed by atoms with Crippen molar-refractivity contribution in [3.05, 3.63) is 0 Å². The van der Waals surface area contributed by atoms with Crippen molar-refractivity contribution in [3.8, 4) is 0 Å². The predicted molar refractivity (Wildman–Crippen MR) is 103 cm³/mol. The molecule has 7 nitrogen and oxygen atoms in total. The van der Waals surface area contributed by atoms with Crippen molar-refractivity contribution >= 4 is 22.6 Å². The van der Waals surface area contributed by atoms with Crippen LogP contribution in [0.4, 0.5) is 0 Å². The Balaban J connectivity index is 1.65. The maximum absolute atomic E-state index is 5.57. The predicted octanol–water partition coefficient (Wildman–Crippen LogP) is 2.05. The Bertz CT molecular complexity index is 265. The monoisotopic (exact) mass is 476 g/mol. The van der Waals surface area contributed by atoms with Gasteiger partial charge in [-0.25, -0.2) is 0 Å². The first kappa shape index (κ1) is 23.5. The first-order valence-corrected chi connectivity index (χ1v) is 10.6. The molecule has 1 aliphatic rings. The molecule has 150 valence electrons. The van der Waals surface area contributed by atoms with Crippen LogP contribution in [-0.2, 0) is 33.2 Å². The Hall–Kier alpha value is 0.450. The molecule has 0 aliphatic carbocycles. The van der Waals surface area contributed by atoms with Crippen LogP contribution in [0.3, 0.4) is 0 Å². The number of halogens is 1. The largest absolute Gasteiger partial charge is 0.378 e. The van der Waals surface area contributed by atoms with Crippen molar-refractivity contribution in [2.24, 2.45) is 0 Å². The second kappa shape index (κ2) is 19.2. The zero-order valence-corrected chi connectivity index (χ0v) is 17.3. The maximum atomic E-state index is 5.57. The van der Waals surface area contributed by atoms with Crippen molar-refractivity contribution < 1.29 is 33.2 Å². The molecule has 0 spiro atoms. The summed E-state index contributed by atoms with van der Waals surface area (Å²) in [5, 5.41) is 0. The van der Waals surface area contributed by atoms with E-state index < -0.39 is 0 Å². The number of hydrogen-bond acceptors (Lipinski definition) is 7. The van der Waals surface area contributed by atoms with E-state index in [1.165, 1.54) is 6.42 Å². The Morgan fingerprint density at radius 2 is 1.12 bits per heavy atom. The van der Waals surface area contributed by atoms with E-state index in [0.717, 1.165) is 30.5 Å². The first-order valence-electron chi connectivity index (χ1n) is 9.11. The summed E-state index contributed by atoms with van der Waals surface area (Å²) in [5.74, 6) is 0. The summed E-state index contributed by atoms with van der Waals surface area (Å²) in [4.78, 5) is 0. The highest BCUT2D eigenvalue weighted by molar-refractivity contribution is 14.1. The Morgan fingerprint density at radius 1 is 0.640 bits per heavy atom. The number of ether oxygens (including phenoxy) is 7. The molecule has 1 saturated heterocycles. The highest BCUT2D eigenvalue weighted by Crippen LogP contribution is 2.13. The van der Waals surface area contributed by atoms with Gasteiger partial charge >= 0.3 is 0 Å². The van der Waals surface area contributed by atoms with Gasteiger partial charge in [-0.1, -0.05) is 22.6 Å². The van der Waals surface area contributed by atoms with Gasteiger partial charge in [-0.3, -0.25) is 0 Å². The summed E-state index contributed by atoms with van der Waals surface area (Å²) in [6.07, 6.45) is 3.26. The summed E-state index contributed by atoms with van der Waals surface area (Å²) < 4.78 is 39.0. The van der Waals surface area contributed by atoms with Crippen molar-refractivity contribution in [3.63, 3.8) is 0 Å². The number of rotatable bonds is 18. The molecule has 1 fully saturated rings. The van der Waals surface area contributed by atoms with Gasteiger partial charge in [0.25, 0.3) is 0 Å². The zero-order valence-electron chi connectivity index (χ0n) is 15.1. The van der Waals surface area contributed by atoms with Crippen molar-refractivity contribution in [1.82, 2.24) is 0 Å². The Kier molecular flexibility index (Phi) is 18.1. The molecule has 0 radical (unpaired) electrons. The van der Waals surface area contributed by atoms with E-state index in [2.05, 4.69) is 22.6 Å². The van der Waals surface area contributed by atoms with Gasteiger partial charge < -0.3 is 33.2 Å². The molecule has 0 N–H and O–H groups in total. The summed E-state index contributed by atoms with van der Waals surface area (Å²) in [5.41, 5.74) is 0. The highest BCUT2D eigenvalue weighted by Gasteiger charge is 2.13. The van der Waals surface area contributed by atoms with Gasteiger partial charge in [-0.2, -0.15) is 0 Å². The number of hydrogen-bond donors (Lipinski definition) is 0. The fraction of sp³-hybridized carbons (Fsp3) is 1.00. The second-order valence-electron chi connectivity index (χ2n) is 5.42. The zero-order chi connectivity index (χ0) is 17.8. The normalized spacial score (nSPS) is 17.9. The Morgan fingerprint density at radius 3 is 1.56 bits per heavy atom. The van der Waals surface area contributed by atoms with Gasteiger partial charge in [-0.15, -0.1) is 0 Å². The average Bonchev–Trinajstić information content (AvgIpc) is 2.65. The van der Waals surface area contributed by atoms with Crippen LogP contribution in [0.2, 0.25) is 0 Å². The smallest absolute Gasteiger partial charge is 0.157 e. The van der Waals surface area contributed by atoms with E-state index in [1.54, 1.807) is 0 Å². The standard InChI is InChI=1S/C17H33IO7/c18-4-6-19-7-8-20-9-10-21-11-12-22-13-14-23-15-16-25-17-3-1-2-5-24-17/h17H,1-16H2. The molecule has 0 bridgehead atoms. The van der Waals surface area contributed by atoms with E-state index in [4.69, 9.17) is 33.2 Å². The third kappa shape index (κ3) is 16.4. The summed E-state index contributed by atoms with van der Waals surface area (Å²) >= 11 is 2.28. The molecule has 0 amide bonds. The van der Waals surface area contributed by atoms with Gasteiger partial charge in [0.2, 0.25) is 0 Å². The van der Waals surface area contributed by atoms with Gasteiger partial charge in [0.05, 0.1) is 72.7 Å². The minimum absolute atomic E-state index is 0.0433. The molecule has 1 rings (SSSR count). The fourth-order valence-corrected chi connectivity index (χ4v) is 2.43. The van der Waals surface area contributed by atoms with E-state index in [1.807, 2.05) is 0 Å². The fourth-order valence-electron chi connectivity index (χ4n) is 2.12. The van der Waals surface area contributed by atoms with E-state index >= 15 is 0 Å². The molecule has 0 aromatic rings. The molecule has 1 heterocycles. The molecule has 1 aliphatic heterocycles. The van der Waals surface area contributed by atoms with Gasteiger partial charge in [0.15, 0.2) is 6.29 Å². The van der Waals surface area contributed by atoms with Crippen LogP contribution in [0.1, 0.15) is 19.3 Å². The van der Waals surface area contributed by atoms with Crippen LogP contribution in [0.5, 0.6) is 0 Å². The van der Waals surface area contributed by atoms with Crippen molar-refractivity contribution in [1.29, 1.82) is 0 Å². The van der Waals surface area contributed by atoms with E-state index in [-0.39, 0.29) is 6.29 Å². The molecule has 25 heavy (non-hydrogen) atoms. The minimum atomic E-state index is -0.0433. The lowest BCUT2D eigenvalue weighted by Gasteiger charge is -2.22. The summed E-state index contributed by atoms with van der Waals surface area (Å²) in [6.45, 7) is 7.40. The lowest BCUT2D eigenvalue weighted by atomic mass is 10.2. The number of alkyl halides is 1. The molecule has 0 saturated carbocycles. The van der Waals surface area contributed by atoms with Crippen molar-refractivity contribution in [2.45, 2.75) is 25.6 Å². The van der Waals surface area contributed by atoms with Crippen LogP contribution in [-0.4, -0.2) is 90.0 Å².